The summed E-state index contributed by atoms with van der Waals surface area (Å²) in [5, 5.41) is 9.63. The molecule has 1 fully saturated rings. The monoisotopic (exact) mass is 311 g/mol. The molecule has 118 valence electrons. The van der Waals surface area contributed by atoms with Crippen LogP contribution in [0.4, 0.5) is 0 Å². The molecule has 1 saturated heterocycles. The van der Waals surface area contributed by atoms with Gasteiger partial charge in [0.1, 0.15) is 0 Å². The second-order valence-corrected chi connectivity index (χ2v) is 11.1. The van der Waals surface area contributed by atoms with Crippen molar-refractivity contribution in [1.29, 1.82) is 5.26 Å². The average Bonchev–Trinajstić information content (AvgIpc) is 2.85. The van der Waals surface area contributed by atoms with Crippen LogP contribution in [-0.2, 0) is 19.1 Å². The van der Waals surface area contributed by atoms with E-state index < -0.39 is 25.4 Å². The molecule has 1 aliphatic rings. The van der Waals surface area contributed by atoms with E-state index in [0.29, 0.717) is 6.04 Å². The minimum absolute atomic E-state index is 0.196. The lowest BCUT2D eigenvalue weighted by molar-refractivity contribution is -0.157. The molecule has 0 amide bonds. The SMILES string of the molecule is CCOC(=O)CC(C#N)(C[Si]1(C)CCCC1)C(=O)OCC. The van der Waals surface area contributed by atoms with Gasteiger partial charge < -0.3 is 9.47 Å². The molecule has 0 saturated carbocycles. The maximum atomic E-state index is 12.3. The quantitative estimate of drug-likeness (QED) is 0.534. The fourth-order valence-electron chi connectivity index (χ4n) is 3.19. The standard InChI is InChI=1S/C15H25NO4Si/c1-4-19-13(17)10-15(11-16,14(18)20-5-2)12-21(3)8-6-7-9-21/h4-10,12H2,1-3H3. The van der Waals surface area contributed by atoms with Crippen molar-refractivity contribution >= 4 is 20.0 Å². The van der Waals surface area contributed by atoms with Crippen molar-refractivity contribution in [2.75, 3.05) is 13.2 Å². The van der Waals surface area contributed by atoms with Crippen LogP contribution in [0, 0.1) is 16.7 Å². The van der Waals surface area contributed by atoms with Crippen molar-refractivity contribution < 1.29 is 19.1 Å². The fraction of sp³-hybridized carbons (Fsp3) is 0.800. The average molecular weight is 311 g/mol. The summed E-state index contributed by atoms with van der Waals surface area (Å²) >= 11 is 0. The van der Waals surface area contributed by atoms with Crippen molar-refractivity contribution in [1.82, 2.24) is 0 Å². The molecular formula is C15H25NO4Si. The van der Waals surface area contributed by atoms with Crippen LogP contribution < -0.4 is 0 Å². The van der Waals surface area contributed by atoms with Crippen molar-refractivity contribution in [3.8, 4) is 6.07 Å². The van der Waals surface area contributed by atoms with E-state index in [2.05, 4.69) is 12.6 Å². The molecule has 1 unspecified atom stereocenters. The van der Waals surface area contributed by atoms with Gasteiger partial charge in [-0.15, -0.1) is 0 Å². The summed E-state index contributed by atoms with van der Waals surface area (Å²) in [6.07, 6.45) is 2.12. The number of esters is 2. The van der Waals surface area contributed by atoms with Gasteiger partial charge in [0, 0.05) is 0 Å². The Morgan fingerprint density at radius 2 is 1.76 bits per heavy atom. The Balaban J connectivity index is 2.98. The van der Waals surface area contributed by atoms with Crippen LogP contribution in [0.1, 0.15) is 33.1 Å². The Morgan fingerprint density at radius 3 is 2.24 bits per heavy atom. The minimum Gasteiger partial charge on any atom is -0.466 e. The summed E-state index contributed by atoms with van der Waals surface area (Å²) in [4.78, 5) is 24.2. The van der Waals surface area contributed by atoms with Crippen LogP contribution in [-0.4, -0.2) is 33.2 Å². The summed E-state index contributed by atoms with van der Waals surface area (Å²) in [5.74, 6) is -1.07. The molecule has 0 aliphatic carbocycles. The molecule has 0 aromatic heterocycles. The van der Waals surface area contributed by atoms with E-state index in [-0.39, 0.29) is 19.6 Å². The third-order valence-corrected chi connectivity index (χ3v) is 8.75. The van der Waals surface area contributed by atoms with Crippen LogP contribution in [0.5, 0.6) is 0 Å². The molecule has 1 atom stereocenters. The van der Waals surface area contributed by atoms with Gasteiger partial charge in [0.25, 0.3) is 0 Å². The van der Waals surface area contributed by atoms with Gasteiger partial charge in [-0.2, -0.15) is 5.26 Å². The van der Waals surface area contributed by atoms with E-state index in [4.69, 9.17) is 9.47 Å². The Morgan fingerprint density at radius 1 is 1.19 bits per heavy atom. The van der Waals surface area contributed by atoms with Gasteiger partial charge in [0.2, 0.25) is 0 Å². The molecule has 5 nitrogen and oxygen atoms in total. The number of ether oxygens (including phenoxy) is 2. The first-order chi connectivity index (χ1) is 9.91. The first-order valence-corrected chi connectivity index (χ1v) is 10.8. The van der Waals surface area contributed by atoms with E-state index in [0.717, 1.165) is 24.9 Å². The number of carbonyl (C=O) groups is 2. The molecule has 0 aromatic rings. The Hall–Kier alpha value is -1.35. The summed E-state index contributed by atoms with van der Waals surface area (Å²) in [5.41, 5.74) is -1.37. The van der Waals surface area contributed by atoms with E-state index >= 15 is 0 Å². The van der Waals surface area contributed by atoms with Crippen molar-refractivity contribution in [3.63, 3.8) is 0 Å². The molecule has 0 N–H and O–H groups in total. The zero-order chi connectivity index (χ0) is 15.9. The molecule has 1 aliphatic heterocycles. The topological polar surface area (TPSA) is 76.4 Å². The Bertz CT molecular complexity index is 426. The predicted molar refractivity (Wildman–Crippen MR) is 81.2 cm³/mol. The Kier molecular flexibility index (Phi) is 6.40. The van der Waals surface area contributed by atoms with E-state index in [1.165, 1.54) is 0 Å². The number of hydrogen-bond acceptors (Lipinski definition) is 5. The third kappa shape index (κ3) is 4.56. The van der Waals surface area contributed by atoms with Gasteiger partial charge in [0.05, 0.1) is 33.8 Å². The molecular weight excluding hydrogens is 286 g/mol. The van der Waals surface area contributed by atoms with E-state index in [9.17, 15) is 14.9 Å². The normalized spacial score (nSPS) is 19.3. The Labute approximate surface area is 127 Å². The summed E-state index contributed by atoms with van der Waals surface area (Å²) in [6.45, 7) is 6.10. The van der Waals surface area contributed by atoms with E-state index in [1.807, 2.05) is 0 Å². The second kappa shape index (κ2) is 7.60. The van der Waals surface area contributed by atoms with Crippen LogP contribution in [0.25, 0.3) is 0 Å². The minimum atomic E-state index is -1.66. The lowest BCUT2D eigenvalue weighted by Gasteiger charge is -2.31. The van der Waals surface area contributed by atoms with Gasteiger partial charge in [-0.1, -0.05) is 31.5 Å². The van der Waals surface area contributed by atoms with Crippen molar-refractivity contribution in [2.24, 2.45) is 5.41 Å². The molecule has 21 heavy (non-hydrogen) atoms. The zero-order valence-corrected chi connectivity index (χ0v) is 14.2. The zero-order valence-electron chi connectivity index (χ0n) is 13.2. The molecule has 1 heterocycles. The summed E-state index contributed by atoms with van der Waals surface area (Å²) in [7, 11) is -1.66. The number of hydrogen-bond donors (Lipinski definition) is 0. The van der Waals surface area contributed by atoms with Gasteiger partial charge in [-0.25, -0.2) is 0 Å². The molecule has 0 spiro atoms. The van der Waals surface area contributed by atoms with Crippen LogP contribution in [0.3, 0.4) is 0 Å². The van der Waals surface area contributed by atoms with Gasteiger partial charge in [-0.05, 0) is 19.9 Å². The second-order valence-electron chi connectivity index (χ2n) is 6.09. The number of nitriles is 1. The maximum absolute atomic E-state index is 12.3. The predicted octanol–water partition coefficient (Wildman–Crippen LogP) is 2.89. The van der Waals surface area contributed by atoms with Gasteiger partial charge in [-0.3, -0.25) is 9.59 Å². The molecule has 0 aromatic carbocycles. The largest absolute Gasteiger partial charge is 0.466 e. The summed E-state index contributed by atoms with van der Waals surface area (Å²) < 4.78 is 10.0. The number of rotatable bonds is 7. The van der Waals surface area contributed by atoms with Crippen LogP contribution in [0.15, 0.2) is 0 Å². The maximum Gasteiger partial charge on any atom is 0.326 e. The highest BCUT2D eigenvalue weighted by Gasteiger charge is 2.49. The smallest absolute Gasteiger partial charge is 0.326 e. The first-order valence-electron chi connectivity index (χ1n) is 7.65. The summed E-state index contributed by atoms with van der Waals surface area (Å²) in [6, 6.07) is 4.81. The van der Waals surface area contributed by atoms with Gasteiger partial charge >= 0.3 is 11.9 Å². The van der Waals surface area contributed by atoms with Crippen molar-refractivity contribution in [3.05, 3.63) is 0 Å². The first kappa shape index (κ1) is 17.7. The van der Waals surface area contributed by atoms with Crippen LogP contribution in [0.2, 0.25) is 24.7 Å². The van der Waals surface area contributed by atoms with Gasteiger partial charge in [0.15, 0.2) is 5.41 Å². The third-order valence-electron chi connectivity index (χ3n) is 4.17. The molecule has 1 rings (SSSR count). The van der Waals surface area contributed by atoms with Crippen molar-refractivity contribution in [2.45, 2.75) is 57.8 Å². The molecule has 6 heteroatoms. The molecule has 0 radical (unpaired) electrons. The lowest BCUT2D eigenvalue weighted by atomic mass is 9.88. The van der Waals surface area contributed by atoms with Crippen LogP contribution >= 0.6 is 0 Å². The highest BCUT2D eigenvalue weighted by atomic mass is 28.3. The highest BCUT2D eigenvalue weighted by Crippen LogP contribution is 2.42. The number of nitrogens with zero attached hydrogens (tertiary/aromatic N) is 1. The fourth-order valence-corrected chi connectivity index (χ4v) is 7.81. The van der Waals surface area contributed by atoms with E-state index in [1.54, 1.807) is 13.8 Å². The number of carbonyl (C=O) groups excluding carboxylic acids is 2. The molecule has 0 bridgehead atoms. The highest BCUT2D eigenvalue weighted by molar-refractivity contribution is 6.79. The lowest BCUT2D eigenvalue weighted by Crippen LogP contribution is -2.42.